The predicted molar refractivity (Wildman–Crippen MR) is 201 cm³/mol. The minimum atomic E-state index is 1.02. The van der Waals surface area contributed by atoms with E-state index in [1.54, 1.807) is 0 Å². The molecule has 0 saturated heterocycles. The summed E-state index contributed by atoms with van der Waals surface area (Å²) in [5.41, 5.74) is 9.55. The molecule has 0 spiro atoms. The van der Waals surface area contributed by atoms with Crippen LogP contribution >= 0.6 is 11.3 Å². The number of nitrogens with zero attached hydrogens (tertiary/aromatic N) is 2. The molecular weight excluding hydrogens is 577 g/mol. The number of para-hydroxylation sites is 2. The quantitative estimate of drug-likeness (QED) is 0.190. The number of aromatic nitrogens is 1. The van der Waals surface area contributed by atoms with Crippen molar-refractivity contribution < 1.29 is 0 Å². The molecule has 3 heteroatoms. The molecule has 1 aliphatic rings. The van der Waals surface area contributed by atoms with E-state index in [0.717, 1.165) is 16.8 Å². The third-order valence-corrected chi connectivity index (χ3v) is 10.0. The Hall–Kier alpha value is -5.64. The zero-order valence-electron chi connectivity index (χ0n) is 25.6. The van der Waals surface area contributed by atoms with Crippen molar-refractivity contribution in [3.05, 3.63) is 176 Å². The molecular formula is C43H32N2S. The van der Waals surface area contributed by atoms with Crippen LogP contribution in [0.1, 0.15) is 5.56 Å². The topological polar surface area (TPSA) is 8.17 Å². The smallest absolute Gasteiger partial charge is 0.0779 e. The fourth-order valence-electron chi connectivity index (χ4n) is 6.62. The lowest BCUT2D eigenvalue weighted by Gasteiger charge is -2.26. The van der Waals surface area contributed by atoms with E-state index in [-0.39, 0.29) is 0 Å². The van der Waals surface area contributed by atoms with Gasteiger partial charge in [-0.3, -0.25) is 0 Å². The Labute approximate surface area is 273 Å². The Kier molecular flexibility index (Phi) is 7.09. The van der Waals surface area contributed by atoms with E-state index in [2.05, 4.69) is 175 Å². The number of rotatable bonds is 2. The molecule has 0 saturated carbocycles. The molecule has 0 bridgehead atoms. The Morgan fingerprint density at radius 2 is 1.26 bits per heavy atom. The van der Waals surface area contributed by atoms with E-state index in [9.17, 15) is 0 Å². The maximum Gasteiger partial charge on any atom is 0.0779 e. The highest BCUT2D eigenvalue weighted by Crippen LogP contribution is 2.43. The number of fused-ring (bicyclic) bond motifs is 8. The summed E-state index contributed by atoms with van der Waals surface area (Å²) in [6, 6.07) is 49.4. The summed E-state index contributed by atoms with van der Waals surface area (Å²) in [6.45, 7) is 4.32. The molecule has 0 radical (unpaired) electrons. The second-order valence-electron chi connectivity index (χ2n) is 11.5. The summed E-state index contributed by atoms with van der Waals surface area (Å²) in [7, 11) is 2.15. The van der Waals surface area contributed by atoms with Gasteiger partial charge in [-0.25, -0.2) is 0 Å². The van der Waals surface area contributed by atoms with Gasteiger partial charge in [0.2, 0.25) is 0 Å². The number of hydrogen-bond donors (Lipinski definition) is 0. The Balaban J connectivity index is 0.000000144. The molecule has 0 fully saturated rings. The summed E-state index contributed by atoms with van der Waals surface area (Å²) in [5.74, 6) is 0. The van der Waals surface area contributed by atoms with Crippen LogP contribution in [0.3, 0.4) is 0 Å². The molecule has 0 aliphatic carbocycles. The van der Waals surface area contributed by atoms with Gasteiger partial charge in [0.15, 0.2) is 0 Å². The molecule has 6 aromatic carbocycles. The standard InChI is InChI=1S/C25H20N2.C18H12S/c1-18-10-8-9-17-27(19-11-4-3-5-12-19)25-20(18)15-16-22-21-13-6-7-14-23(21)26(2)24(22)25;1-2-7-13(8-3-1)14-10-6-11-16-15-9-4-5-12-17(15)19-18(14)16/h3-17H,1H2,2H3;1-12H/b10-8-,17-9-;. The third kappa shape index (κ3) is 4.73. The number of aryl methyl sites for hydroxylation is 1. The van der Waals surface area contributed by atoms with E-state index >= 15 is 0 Å². The molecule has 8 aromatic rings. The number of anilines is 2. The van der Waals surface area contributed by atoms with Gasteiger partial charge < -0.3 is 9.47 Å². The van der Waals surface area contributed by atoms with Gasteiger partial charge in [-0.2, -0.15) is 0 Å². The van der Waals surface area contributed by atoms with E-state index < -0.39 is 0 Å². The molecule has 2 nitrogen and oxygen atoms in total. The maximum atomic E-state index is 4.32. The molecule has 0 atom stereocenters. The normalized spacial score (nSPS) is 14.1. The SMILES string of the molecule is C=C1/C=C\C=C/N(c2ccccc2)c2c1ccc1c3ccccc3n(C)c21.c1ccc(-c2cccc3c2sc2ccccc23)cc1. The minimum absolute atomic E-state index is 1.02. The van der Waals surface area contributed by atoms with Crippen molar-refractivity contribution in [1.82, 2.24) is 4.57 Å². The maximum absolute atomic E-state index is 4.32. The number of allylic oxidation sites excluding steroid dienone is 4. The van der Waals surface area contributed by atoms with Crippen LogP contribution in [-0.4, -0.2) is 4.57 Å². The second kappa shape index (κ2) is 11.7. The van der Waals surface area contributed by atoms with Crippen LogP contribution in [-0.2, 0) is 7.05 Å². The largest absolute Gasteiger partial charge is 0.342 e. The van der Waals surface area contributed by atoms with Gasteiger partial charge in [-0.05, 0) is 47.0 Å². The molecule has 1 aliphatic heterocycles. The number of thiophene rings is 1. The van der Waals surface area contributed by atoms with E-state index in [4.69, 9.17) is 0 Å². The van der Waals surface area contributed by atoms with Crippen molar-refractivity contribution in [1.29, 1.82) is 0 Å². The summed E-state index contributed by atoms with van der Waals surface area (Å²) in [5, 5.41) is 5.26. The van der Waals surface area contributed by atoms with E-state index in [0.29, 0.717) is 0 Å². The molecule has 46 heavy (non-hydrogen) atoms. The van der Waals surface area contributed by atoms with Gasteiger partial charge in [-0.1, -0.05) is 134 Å². The Bertz CT molecular complexity index is 2440. The average molecular weight is 609 g/mol. The van der Waals surface area contributed by atoms with Crippen LogP contribution in [0.25, 0.3) is 58.7 Å². The summed E-state index contributed by atoms with van der Waals surface area (Å²) in [6.07, 6.45) is 8.33. The lowest BCUT2D eigenvalue weighted by atomic mass is 9.99. The predicted octanol–water partition coefficient (Wildman–Crippen LogP) is 12.3. The fraction of sp³-hybridized carbons (Fsp3) is 0.0233. The van der Waals surface area contributed by atoms with Crippen LogP contribution in [0.15, 0.2) is 171 Å². The summed E-state index contributed by atoms with van der Waals surface area (Å²) < 4.78 is 5.04. The molecule has 2 aromatic heterocycles. The third-order valence-electron chi connectivity index (χ3n) is 8.80. The summed E-state index contributed by atoms with van der Waals surface area (Å²) in [4.78, 5) is 2.27. The Morgan fingerprint density at radius 3 is 2.09 bits per heavy atom. The molecule has 220 valence electrons. The lowest BCUT2D eigenvalue weighted by molar-refractivity contribution is 1.01. The van der Waals surface area contributed by atoms with Crippen LogP contribution in [0, 0.1) is 0 Å². The molecule has 0 amide bonds. The highest BCUT2D eigenvalue weighted by molar-refractivity contribution is 7.26. The van der Waals surface area contributed by atoms with Crippen LogP contribution in [0.2, 0.25) is 0 Å². The number of hydrogen-bond acceptors (Lipinski definition) is 2. The van der Waals surface area contributed by atoms with Crippen molar-refractivity contribution in [3.63, 3.8) is 0 Å². The van der Waals surface area contributed by atoms with Gasteiger partial charge in [-0.15, -0.1) is 11.3 Å². The first-order valence-electron chi connectivity index (χ1n) is 15.5. The van der Waals surface area contributed by atoms with Crippen molar-refractivity contribution >= 4 is 70.3 Å². The monoisotopic (exact) mass is 608 g/mol. The molecule has 0 unspecified atom stereocenters. The highest BCUT2D eigenvalue weighted by atomic mass is 32.1. The number of benzene rings is 6. The van der Waals surface area contributed by atoms with Gasteiger partial charge in [0.1, 0.15) is 0 Å². The molecule has 3 heterocycles. The second-order valence-corrected chi connectivity index (χ2v) is 12.6. The first-order chi connectivity index (χ1) is 22.7. The van der Waals surface area contributed by atoms with Gasteiger partial charge >= 0.3 is 0 Å². The van der Waals surface area contributed by atoms with Gasteiger partial charge in [0.25, 0.3) is 0 Å². The summed E-state index contributed by atoms with van der Waals surface area (Å²) >= 11 is 1.88. The lowest BCUT2D eigenvalue weighted by Crippen LogP contribution is -2.12. The fourth-order valence-corrected chi connectivity index (χ4v) is 7.86. The zero-order valence-corrected chi connectivity index (χ0v) is 26.4. The Morgan fingerprint density at radius 1 is 0.565 bits per heavy atom. The molecule has 9 rings (SSSR count). The van der Waals surface area contributed by atoms with Crippen molar-refractivity contribution in [2.24, 2.45) is 7.05 Å². The minimum Gasteiger partial charge on any atom is -0.342 e. The first kappa shape index (κ1) is 27.9. The van der Waals surface area contributed by atoms with Gasteiger partial charge in [0, 0.05) is 61.0 Å². The van der Waals surface area contributed by atoms with Crippen molar-refractivity contribution in [2.75, 3.05) is 4.90 Å². The average Bonchev–Trinajstić information content (AvgIpc) is 3.63. The van der Waals surface area contributed by atoms with Crippen LogP contribution < -0.4 is 4.90 Å². The first-order valence-corrected chi connectivity index (χ1v) is 16.3. The van der Waals surface area contributed by atoms with E-state index in [1.807, 2.05) is 23.5 Å². The highest BCUT2D eigenvalue weighted by Gasteiger charge is 2.21. The van der Waals surface area contributed by atoms with Crippen LogP contribution in [0.4, 0.5) is 11.4 Å². The van der Waals surface area contributed by atoms with E-state index in [1.165, 1.54) is 58.8 Å². The molecule has 0 N–H and O–H groups in total. The van der Waals surface area contributed by atoms with Crippen molar-refractivity contribution in [3.8, 4) is 11.1 Å². The van der Waals surface area contributed by atoms with Crippen LogP contribution in [0.5, 0.6) is 0 Å². The van der Waals surface area contributed by atoms with Gasteiger partial charge in [0.05, 0.1) is 11.2 Å². The van der Waals surface area contributed by atoms with Crippen molar-refractivity contribution in [2.45, 2.75) is 0 Å². The zero-order chi connectivity index (χ0) is 31.0.